The minimum Gasteiger partial charge on any atom is -0.448 e. The second kappa shape index (κ2) is 11.6. The number of hydrogen-bond donors (Lipinski definition) is 2. The highest BCUT2D eigenvalue weighted by Gasteiger charge is 2.43. The first-order valence-corrected chi connectivity index (χ1v) is 13.2. The molecule has 4 fully saturated rings. The first kappa shape index (κ1) is 25.7. The molecule has 3 atom stereocenters. The van der Waals surface area contributed by atoms with Crippen molar-refractivity contribution in [3.8, 4) is 6.07 Å². The van der Waals surface area contributed by atoms with E-state index < -0.39 is 17.7 Å². The van der Waals surface area contributed by atoms with E-state index >= 15 is 0 Å². The van der Waals surface area contributed by atoms with Crippen molar-refractivity contribution in [2.24, 2.45) is 10.9 Å². The summed E-state index contributed by atoms with van der Waals surface area (Å²) in [6, 6.07) is 1.93. The fourth-order valence-electron chi connectivity index (χ4n) is 5.81. The van der Waals surface area contributed by atoms with Gasteiger partial charge in [-0.3, -0.25) is 4.79 Å². The van der Waals surface area contributed by atoms with Gasteiger partial charge >= 0.3 is 6.09 Å². The quantitative estimate of drug-likeness (QED) is 0.430. The Kier molecular flexibility index (Phi) is 8.50. The van der Waals surface area contributed by atoms with Gasteiger partial charge in [-0.2, -0.15) is 5.26 Å². The van der Waals surface area contributed by atoms with E-state index in [4.69, 9.17) is 9.47 Å². The summed E-state index contributed by atoms with van der Waals surface area (Å²) in [7, 11) is 2.03. The number of likely N-dealkylation sites (tertiary alicyclic amines) is 2. The number of nitriles is 1. The number of ether oxygens (including phenoxy) is 2. The largest absolute Gasteiger partial charge is 0.448 e. The van der Waals surface area contributed by atoms with Gasteiger partial charge in [0, 0.05) is 19.6 Å². The van der Waals surface area contributed by atoms with Crippen LogP contribution in [0.15, 0.2) is 4.99 Å². The van der Waals surface area contributed by atoms with Crippen LogP contribution >= 0.6 is 0 Å². The van der Waals surface area contributed by atoms with Crippen LogP contribution in [0.4, 0.5) is 4.79 Å². The van der Waals surface area contributed by atoms with E-state index in [1.54, 1.807) is 6.92 Å². The Morgan fingerprint density at radius 3 is 2.60 bits per heavy atom. The van der Waals surface area contributed by atoms with Crippen molar-refractivity contribution in [2.45, 2.75) is 88.4 Å². The number of guanidine groups is 1. The number of carbonyl (C=O) groups excluding carboxylic acids is 2. The molecule has 0 aromatic heterocycles. The molecule has 2 N–H and O–H groups in total. The molecule has 3 unspecified atom stereocenters. The first-order valence-electron chi connectivity index (χ1n) is 13.2. The molecule has 0 aromatic carbocycles. The van der Waals surface area contributed by atoms with Gasteiger partial charge in [0.2, 0.25) is 11.9 Å². The van der Waals surface area contributed by atoms with Crippen LogP contribution in [0.3, 0.4) is 0 Å². The third-order valence-electron chi connectivity index (χ3n) is 7.97. The van der Waals surface area contributed by atoms with Crippen molar-refractivity contribution < 1.29 is 19.1 Å². The number of carbonyl (C=O) groups is 2. The number of piperidine rings is 1. The molecule has 3 saturated heterocycles. The van der Waals surface area contributed by atoms with Gasteiger partial charge in [-0.1, -0.05) is 32.1 Å². The van der Waals surface area contributed by atoms with Gasteiger partial charge in [0.05, 0.1) is 31.4 Å². The van der Waals surface area contributed by atoms with E-state index in [2.05, 4.69) is 26.6 Å². The van der Waals surface area contributed by atoms with Gasteiger partial charge in [0.1, 0.15) is 11.6 Å². The lowest BCUT2D eigenvalue weighted by Gasteiger charge is -2.38. The second-order valence-corrected chi connectivity index (χ2v) is 10.6. The van der Waals surface area contributed by atoms with E-state index in [1.165, 1.54) is 19.3 Å². The molecule has 194 valence electrons. The monoisotopic (exact) mass is 488 g/mol. The number of aliphatic imine (C=N–C) groups is 1. The summed E-state index contributed by atoms with van der Waals surface area (Å²) in [5.74, 6) is 0.605. The number of hydrogen-bond acceptors (Lipinski definition) is 6. The molecular weight excluding hydrogens is 448 g/mol. The SMILES string of the molecule is CCOC(=O)/N=C(\NC(CC1CCCCC1)C(=O)NC1(C#N)CCN(C)CC1)N1CC2CC1CO2. The smallest absolute Gasteiger partial charge is 0.436 e. The van der Waals surface area contributed by atoms with Gasteiger partial charge in [0.25, 0.3) is 0 Å². The fourth-order valence-corrected chi connectivity index (χ4v) is 5.81. The Morgan fingerprint density at radius 1 is 1.26 bits per heavy atom. The molecule has 1 aliphatic carbocycles. The zero-order chi connectivity index (χ0) is 24.8. The highest BCUT2D eigenvalue weighted by atomic mass is 16.5. The van der Waals surface area contributed by atoms with Crippen LogP contribution in [0, 0.1) is 17.2 Å². The number of rotatable bonds is 6. The van der Waals surface area contributed by atoms with Crippen molar-refractivity contribution in [1.82, 2.24) is 20.4 Å². The van der Waals surface area contributed by atoms with Gasteiger partial charge in [-0.05, 0) is 45.6 Å². The van der Waals surface area contributed by atoms with Crippen LogP contribution in [-0.2, 0) is 14.3 Å². The molecule has 1 saturated carbocycles. The van der Waals surface area contributed by atoms with Crippen LogP contribution in [-0.4, -0.2) is 91.4 Å². The first-order chi connectivity index (χ1) is 16.9. The third kappa shape index (κ3) is 6.44. The maximum absolute atomic E-state index is 13.7. The average molecular weight is 489 g/mol. The third-order valence-corrected chi connectivity index (χ3v) is 7.97. The van der Waals surface area contributed by atoms with Gasteiger partial charge in [0.15, 0.2) is 0 Å². The fraction of sp³-hybridized carbons (Fsp3) is 0.840. The Balaban J connectivity index is 1.54. The predicted octanol–water partition coefficient (Wildman–Crippen LogP) is 2.00. The number of fused-ring (bicyclic) bond motifs is 2. The Labute approximate surface area is 208 Å². The molecule has 2 bridgehead atoms. The molecule has 10 nitrogen and oxygen atoms in total. The van der Waals surface area contributed by atoms with Crippen LogP contribution in [0.1, 0.15) is 64.7 Å². The normalized spacial score (nSPS) is 27.8. The molecule has 4 aliphatic rings. The lowest BCUT2D eigenvalue weighted by atomic mass is 9.84. The Bertz CT molecular complexity index is 828. The maximum atomic E-state index is 13.7. The van der Waals surface area contributed by atoms with Crippen molar-refractivity contribution in [3.05, 3.63) is 0 Å². The van der Waals surface area contributed by atoms with Crippen LogP contribution in [0.5, 0.6) is 0 Å². The summed E-state index contributed by atoms with van der Waals surface area (Å²) in [6.45, 7) is 4.72. The number of amides is 2. The van der Waals surface area contributed by atoms with E-state index in [-0.39, 0.29) is 24.7 Å². The summed E-state index contributed by atoms with van der Waals surface area (Å²) in [5.41, 5.74) is -0.866. The zero-order valence-corrected chi connectivity index (χ0v) is 21.1. The lowest BCUT2D eigenvalue weighted by Crippen LogP contribution is -2.60. The minimum absolute atomic E-state index is 0.112. The molecule has 3 aliphatic heterocycles. The summed E-state index contributed by atoms with van der Waals surface area (Å²) in [5, 5.41) is 16.4. The van der Waals surface area contributed by atoms with Crippen molar-refractivity contribution in [2.75, 3.05) is 39.9 Å². The van der Waals surface area contributed by atoms with Crippen molar-refractivity contribution >= 4 is 18.0 Å². The molecule has 35 heavy (non-hydrogen) atoms. The molecule has 0 radical (unpaired) electrons. The van der Waals surface area contributed by atoms with Crippen LogP contribution < -0.4 is 10.6 Å². The van der Waals surface area contributed by atoms with E-state index in [9.17, 15) is 14.9 Å². The summed E-state index contributed by atoms with van der Waals surface area (Å²) in [6.07, 6.45) is 7.92. The molecule has 0 aromatic rings. The minimum atomic E-state index is -0.866. The molecular formula is C25H40N6O4. The number of morpholine rings is 1. The second-order valence-electron chi connectivity index (χ2n) is 10.6. The van der Waals surface area contributed by atoms with E-state index in [0.717, 1.165) is 32.4 Å². The zero-order valence-electron chi connectivity index (χ0n) is 21.1. The summed E-state index contributed by atoms with van der Waals surface area (Å²) >= 11 is 0. The van der Waals surface area contributed by atoms with Crippen molar-refractivity contribution in [1.29, 1.82) is 5.26 Å². The van der Waals surface area contributed by atoms with Crippen LogP contribution in [0.2, 0.25) is 0 Å². The maximum Gasteiger partial charge on any atom is 0.436 e. The van der Waals surface area contributed by atoms with Gasteiger partial charge in [-0.25, -0.2) is 4.79 Å². The molecule has 3 heterocycles. The molecule has 0 spiro atoms. The van der Waals surface area contributed by atoms with E-state index in [0.29, 0.717) is 44.3 Å². The average Bonchev–Trinajstić information content (AvgIpc) is 3.49. The summed E-state index contributed by atoms with van der Waals surface area (Å²) in [4.78, 5) is 34.5. The highest BCUT2D eigenvalue weighted by Crippen LogP contribution is 2.30. The topological polar surface area (TPSA) is 119 Å². The van der Waals surface area contributed by atoms with E-state index in [1.807, 2.05) is 11.9 Å². The molecule has 4 rings (SSSR count). The number of nitrogens with one attached hydrogen (secondary N) is 2. The Hall–Kier alpha value is -2.38. The molecule has 2 amide bonds. The summed E-state index contributed by atoms with van der Waals surface area (Å²) < 4.78 is 10.8. The highest BCUT2D eigenvalue weighted by molar-refractivity contribution is 5.94. The van der Waals surface area contributed by atoms with Gasteiger partial charge < -0.3 is 29.9 Å². The van der Waals surface area contributed by atoms with Crippen molar-refractivity contribution in [3.63, 3.8) is 0 Å². The lowest BCUT2D eigenvalue weighted by molar-refractivity contribution is -0.125. The standard InChI is InChI=1S/C25H40N6O4/c1-3-34-24(33)28-23(31-15-20-14-19(31)16-35-20)27-21(13-18-7-5-4-6-8-18)22(32)29-25(17-26)9-11-30(2)12-10-25/h18-21H,3-16H2,1-2H3,(H,29,32)(H,27,28,33). The number of nitrogens with zero attached hydrogens (tertiary/aromatic N) is 4. The van der Waals surface area contributed by atoms with Gasteiger partial charge in [-0.15, -0.1) is 4.99 Å². The van der Waals surface area contributed by atoms with Crippen LogP contribution in [0.25, 0.3) is 0 Å². The Morgan fingerprint density at radius 2 is 2.00 bits per heavy atom. The molecule has 10 heteroatoms. The predicted molar refractivity (Wildman–Crippen MR) is 131 cm³/mol.